The van der Waals surface area contributed by atoms with Crippen LogP contribution in [0.5, 0.6) is 0 Å². The van der Waals surface area contributed by atoms with Gasteiger partial charge in [-0.15, -0.1) is 15.3 Å². The van der Waals surface area contributed by atoms with Gasteiger partial charge in [0.2, 0.25) is 5.89 Å². The Morgan fingerprint density at radius 2 is 1.38 bits per heavy atom. The molecule has 0 saturated carbocycles. The van der Waals surface area contributed by atoms with Gasteiger partial charge < -0.3 is 4.42 Å². The fourth-order valence-electron chi connectivity index (χ4n) is 3.46. The molecule has 0 unspecified atom stereocenters. The largest absolute Gasteiger partial charge is 0.415 e. The maximum Gasteiger partial charge on any atom is 0.314 e. The normalized spacial score (nSPS) is 11.2. The molecule has 0 fully saturated rings. The first-order valence-corrected chi connectivity index (χ1v) is 9.94. The predicted octanol–water partition coefficient (Wildman–Crippen LogP) is 5.65. The van der Waals surface area contributed by atoms with Crippen LogP contribution >= 0.6 is 0 Å². The highest BCUT2D eigenvalue weighted by Gasteiger charge is 2.18. The molecule has 0 atom stereocenters. The lowest BCUT2D eigenvalue weighted by molar-refractivity contribution is 0.116. The first kappa shape index (κ1) is 19.7. The lowest BCUT2D eigenvalue weighted by Crippen LogP contribution is -2.04. The van der Waals surface area contributed by atoms with E-state index in [2.05, 4.69) is 20.5 Å². The molecule has 6 nitrogen and oxygen atoms in total. The number of nitrogens with zero attached hydrogens (tertiary/aromatic N) is 5. The van der Waals surface area contributed by atoms with Gasteiger partial charge in [0.1, 0.15) is 5.69 Å². The zero-order chi connectivity index (χ0) is 21.9. The van der Waals surface area contributed by atoms with Crippen molar-refractivity contribution in [2.75, 3.05) is 0 Å². The third-order valence-corrected chi connectivity index (χ3v) is 4.99. The first-order chi connectivity index (χ1) is 15.7. The summed E-state index contributed by atoms with van der Waals surface area (Å²) in [7, 11) is 0. The molecule has 8 heteroatoms. The van der Waals surface area contributed by atoms with Crippen LogP contribution < -0.4 is 0 Å². The minimum atomic E-state index is -2.79. The molecule has 0 radical (unpaired) electrons. The van der Waals surface area contributed by atoms with Crippen LogP contribution in [0.2, 0.25) is 0 Å². The van der Waals surface area contributed by atoms with Gasteiger partial charge in [-0.05, 0) is 17.7 Å². The Morgan fingerprint density at radius 3 is 2.00 bits per heavy atom. The van der Waals surface area contributed by atoms with Crippen molar-refractivity contribution in [3.05, 3.63) is 96.4 Å². The van der Waals surface area contributed by atoms with Gasteiger partial charge in [0.25, 0.3) is 5.89 Å². The van der Waals surface area contributed by atoms with Crippen molar-refractivity contribution >= 4 is 0 Å². The SMILES string of the molecule is FC(F)c1nnc(-c2ccc(Cn3nnc(-c4ccccc4)c3-c3ccccc3)cc2)o1. The maximum absolute atomic E-state index is 12.7. The number of halogens is 2. The van der Waals surface area contributed by atoms with E-state index in [0.717, 1.165) is 28.1 Å². The van der Waals surface area contributed by atoms with Crippen molar-refractivity contribution in [3.63, 3.8) is 0 Å². The summed E-state index contributed by atoms with van der Waals surface area (Å²) < 4.78 is 32.3. The molecule has 158 valence electrons. The number of alkyl halides is 2. The summed E-state index contributed by atoms with van der Waals surface area (Å²) in [6.45, 7) is 0.483. The second kappa shape index (κ2) is 8.50. The van der Waals surface area contributed by atoms with Gasteiger partial charge in [0.05, 0.1) is 12.2 Å². The molecule has 3 aromatic carbocycles. The average Bonchev–Trinajstić information content (AvgIpc) is 3.49. The fourth-order valence-corrected chi connectivity index (χ4v) is 3.46. The molecule has 0 saturated heterocycles. The van der Waals surface area contributed by atoms with Crippen LogP contribution in [-0.2, 0) is 6.54 Å². The smallest absolute Gasteiger partial charge is 0.314 e. The van der Waals surface area contributed by atoms with Crippen LogP contribution in [0.25, 0.3) is 34.0 Å². The highest BCUT2D eigenvalue weighted by atomic mass is 19.3. The van der Waals surface area contributed by atoms with E-state index in [1.54, 1.807) is 12.1 Å². The molecule has 0 spiro atoms. The van der Waals surface area contributed by atoms with Gasteiger partial charge in [-0.2, -0.15) is 8.78 Å². The van der Waals surface area contributed by atoms with Crippen molar-refractivity contribution in [2.45, 2.75) is 13.0 Å². The number of benzene rings is 3. The Morgan fingerprint density at radius 1 is 0.719 bits per heavy atom. The monoisotopic (exact) mass is 429 g/mol. The first-order valence-electron chi connectivity index (χ1n) is 9.94. The van der Waals surface area contributed by atoms with Crippen molar-refractivity contribution in [1.82, 2.24) is 25.2 Å². The van der Waals surface area contributed by atoms with Gasteiger partial charge in [0.15, 0.2) is 0 Å². The molecule has 0 aliphatic carbocycles. The lowest BCUT2D eigenvalue weighted by Gasteiger charge is -2.09. The minimum absolute atomic E-state index is 0.0592. The van der Waals surface area contributed by atoms with E-state index < -0.39 is 12.3 Å². The Kier molecular flexibility index (Phi) is 5.25. The molecule has 5 aromatic rings. The van der Waals surface area contributed by atoms with Crippen molar-refractivity contribution in [1.29, 1.82) is 0 Å². The van der Waals surface area contributed by atoms with Gasteiger partial charge >= 0.3 is 6.43 Å². The summed E-state index contributed by atoms with van der Waals surface area (Å²) in [4.78, 5) is 0. The Balaban J connectivity index is 1.47. The molecular formula is C24H17F2N5O. The van der Waals surface area contributed by atoms with Crippen molar-refractivity contribution in [3.8, 4) is 34.0 Å². The summed E-state index contributed by atoms with van der Waals surface area (Å²) in [5, 5.41) is 15.9. The maximum atomic E-state index is 12.7. The van der Waals surface area contributed by atoms with Gasteiger partial charge in [-0.25, -0.2) is 4.68 Å². The zero-order valence-corrected chi connectivity index (χ0v) is 16.8. The van der Waals surface area contributed by atoms with Crippen LogP contribution in [0.4, 0.5) is 8.78 Å². The van der Waals surface area contributed by atoms with Crippen LogP contribution in [-0.4, -0.2) is 25.2 Å². The molecule has 0 bridgehead atoms. The summed E-state index contributed by atoms with van der Waals surface area (Å²) >= 11 is 0. The molecule has 0 amide bonds. The molecular weight excluding hydrogens is 412 g/mol. The zero-order valence-electron chi connectivity index (χ0n) is 16.8. The fraction of sp³-hybridized carbons (Fsp3) is 0.0833. The van der Waals surface area contributed by atoms with E-state index in [-0.39, 0.29) is 5.89 Å². The van der Waals surface area contributed by atoms with Crippen LogP contribution in [0.15, 0.2) is 89.3 Å². The average molecular weight is 429 g/mol. The van der Waals surface area contributed by atoms with Crippen LogP contribution in [0.1, 0.15) is 17.9 Å². The molecule has 0 N–H and O–H groups in total. The standard InChI is InChI=1S/C24H17F2N5O/c25-22(26)24-29-28-23(32-24)19-13-11-16(12-14-19)15-31-21(18-9-5-2-6-10-18)20(27-30-31)17-7-3-1-4-8-17/h1-14,22H,15H2. The Hall–Kier alpha value is -4.20. The number of rotatable bonds is 6. The van der Waals surface area contributed by atoms with E-state index >= 15 is 0 Å². The van der Waals surface area contributed by atoms with E-state index in [0.29, 0.717) is 12.1 Å². The predicted molar refractivity (Wildman–Crippen MR) is 115 cm³/mol. The Bertz CT molecular complexity index is 1320. The Labute approximate surface area is 182 Å². The molecule has 2 aromatic heterocycles. The van der Waals surface area contributed by atoms with Crippen molar-refractivity contribution < 1.29 is 13.2 Å². The lowest BCUT2D eigenvalue weighted by atomic mass is 10.0. The van der Waals surface area contributed by atoms with Crippen LogP contribution in [0.3, 0.4) is 0 Å². The third-order valence-electron chi connectivity index (χ3n) is 4.99. The summed E-state index contributed by atoms with van der Waals surface area (Å²) in [5.41, 5.74) is 5.25. The number of aromatic nitrogens is 5. The quantitative estimate of drug-likeness (QED) is 0.349. The topological polar surface area (TPSA) is 69.6 Å². The molecule has 2 heterocycles. The molecule has 5 rings (SSSR count). The molecule has 32 heavy (non-hydrogen) atoms. The molecule has 0 aliphatic heterocycles. The summed E-state index contributed by atoms with van der Waals surface area (Å²) in [6, 6.07) is 27.2. The second-order valence-electron chi connectivity index (χ2n) is 7.12. The van der Waals surface area contributed by atoms with E-state index in [9.17, 15) is 8.78 Å². The van der Waals surface area contributed by atoms with Gasteiger partial charge in [0, 0.05) is 16.7 Å². The van der Waals surface area contributed by atoms with Gasteiger partial charge in [-0.1, -0.05) is 78.0 Å². The van der Waals surface area contributed by atoms with Crippen LogP contribution in [0, 0.1) is 0 Å². The minimum Gasteiger partial charge on any atom is -0.415 e. The highest BCUT2D eigenvalue weighted by Crippen LogP contribution is 2.31. The third kappa shape index (κ3) is 3.90. The summed E-state index contributed by atoms with van der Waals surface area (Å²) in [5.74, 6) is -0.628. The van der Waals surface area contributed by atoms with E-state index in [1.165, 1.54) is 0 Å². The van der Waals surface area contributed by atoms with E-state index in [4.69, 9.17) is 4.42 Å². The number of hydrogen-bond acceptors (Lipinski definition) is 5. The number of hydrogen-bond donors (Lipinski definition) is 0. The van der Waals surface area contributed by atoms with E-state index in [1.807, 2.05) is 77.5 Å². The highest BCUT2D eigenvalue weighted by molar-refractivity contribution is 5.77. The molecule has 0 aliphatic rings. The second-order valence-corrected chi connectivity index (χ2v) is 7.12. The van der Waals surface area contributed by atoms with Gasteiger partial charge in [-0.3, -0.25) is 0 Å². The summed E-state index contributed by atoms with van der Waals surface area (Å²) in [6.07, 6.45) is -2.79. The van der Waals surface area contributed by atoms with Crippen molar-refractivity contribution in [2.24, 2.45) is 0 Å².